The van der Waals surface area contributed by atoms with Crippen LogP contribution < -0.4 is 4.90 Å². The lowest BCUT2D eigenvalue weighted by Gasteiger charge is -2.35. The molecule has 170 valence electrons. The van der Waals surface area contributed by atoms with Gasteiger partial charge in [0.25, 0.3) is 0 Å². The summed E-state index contributed by atoms with van der Waals surface area (Å²) in [4.78, 5) is 28.0. The van der Waals surface area contributed by atoms with Crippen molar-refractivity contribution in [2.24, 2.45) is 5.92 Å². The maximum absolute atomic E-state index is 14.0. The molecule has 2 heterocycles. The van der Waals surface area contributed by atoms with E-state index in [-0.39, 0.29) is 38.0 Å². The summed E-state index contributed by atoms with van der Waals surface area (Å²) in [5.41, 5.74) is 0.655. The minimum atomic E-state index is -4.25. The molecule has 2 amide bonds. The third-order valence-corrected chi connectivity index (χ3v) is 7.87. The molecule has 4 rings (SSSR count). The second-order valence-electron chi connectivity index (χ2n) is 7.61. The van der Waals surface area contributed by atoms with E-state index >= 15 is 0 Å². The highest BCUT2D eigenvalue weighted by Gasteiger charge is 2.41. The summed E-state index contributed by atoms with van der Waals surface area (Å²) in [5, 5.41) is 0.541. The molecule has 0 radical (unpaired) electrons. The van der Waals surface area contributed by atoms with Crippen molar-refractivity contribution in [3.8, 4) is 0 Å². The molecule has 0 bridgehead atoms. The first kappa shape index (κ1) is 22.6. The molecule has 2 saturated heterocycles. The Bertz CT molecular complexity index is 1150. The molecule has 32 heavy (non-hydrogen) atoms. The van der Waals surface area contributed by atoms with Crippen LogP contribution in [0.3, 0.4) is 0 Å². The van der Waals surface area contributed by atoms with Gasteiger partial charge in [0.1, 0.15) is 22.4 Å². The molecule has 2 aliphatic heterocycles. The van der Waals surface area contributed by atoms with Gasteiger partial charge in [-0.05, 0) is 48.9 Å². The number of amides is 2. The van der Waals surface area contributed by atoms with Crippen molar-refractivity contribution in [2.75, 3.05) is 37.6 Å². The summed E-state index contributed by atoms with van der Waals surface area (Å²) in [5.74, 6) is -3.41. The fourth-order valence-corrected chi connectivity index (χ4v) is 5.59. The second kappa shape index (κ2) is 8.76. The van der Waals surface area contributed by atoms with Crippen molar-refractivity contribution in [1.29, 1.82) is 0 Å². The number of halogens is 3. The summed E-state index contributed by atoms with van der Waals surface area (Å²) in [7, 11) is -4.25. The van der Waals surface area contributed by atoms with Gasteiger partial charge in [0, 0.05) is 43.4 Å². The lowest BCUT2D eigenvalue weighted by molar-refractivity contribution is -0.140. The smallest absolute Gasteiger partial charge is 0.246 e. The molecule has 1 atom stereocenters. The minimum Gasteiger partial charge on any atom is -0.339 e. The van der Waals surface area contributed by atoms with Gasteiger partial charge in [0.05, 0.1) is 0 Å². The number of benzene rings is 2. The van der Waals surface area contributed by atoms with Gasteiger partial charge >= 0.3 is 0 Å². The Morgan fingerprint density at radius 2 is 1.62 bits per heavy atom. The van der Waals surface area contributed by atoms with E-state index < -0.39 is 32.5 Å². The van der Waals surface area contributed by atoms with E-state index in [9.17, 15) is 26.8 Å². The number of rotatable bonds is 4. The van der Waals surface area contributed by atoms with Gasteiger partial charge in [-0.2, -0.15) is 4.31 Å². The number of carbonyl (C=O) groups excluding carboxylic acids is 2. The van der Waals surface area contributed by atoms with Crippen molar-refractivity contribution >= 4 is 39.1 Å². The third-order valence-electron chi connectivity index (χ3n) is 5.70. The summed E-state index contributed by atoms with van der Waals surface area (Å²) in [6.45, 7) is 0.348. The fraction of sp³-hybridized carbons (Fsp3) is 0.333. The zero-order chi connectivity index (χ0) is 23.0. The number of sulfonamides is 1. The van der Waals surface area contributed by atoms with E-state index in [1.165, 1.54) is 9.80 Å². The second-order valence-corrected chi connectivity index (χ2v) is 9.95. The van der Waals surface area contributed by atoms with Gasteiger partial charge in [0.15, 0.2) is 0 Å². The van der Waals surface area contributed by atoms with E-state index in [4.69, 9.17) is 11.6 Å². The van der Waals surface area contributed by atoms with Crippen molar-refractivity contribution in [3.63, 3.8) is 0 Å². The topological polar surface area (TPSA) is 78.0 Å². The highest BCUT2D eigenvalue weighted by atomic mass is 35.5. The van der Waals surface area contributed by atoms with Crippen LogP contribution in [0.5, 0.6) is 0 Å². The normalized spacial score (nSPS) is 20.1. The molecule has 2 aromatic rings. The zero-order valence-electron chi connectivity index (χ0n) is 16.9. The van der Waals surface area contributed by atoms with Gasteiger partial charge in [-0.15, -0.1) is 0 Å². The highest BCUT2D eigenvalue weighted by Crippen LogP contribution is 2.28. The Morgan fingerprint density at radius 3 is 2.28 bits per heavy atom. The van der Waals surface area contributed by atoms with E-state index in [2.05, 4.69) is 0 Å². The summed E-state index contributed by atoms with van der Waals surface area (Å²) in [6.07, 6.45) is 0.354. The van der Waals surface area contributed by atoms with Crippen LogP contribution in [0.1, 0.15) is 6.42 Å². The van der Waals surface area contributed by atoms with Crippen LogP contribution in [0, 0.1) is 17.6 Å². The van der Waals surface area contributed by atoms with Crippen molar-refractivity contribution in [2.45, 2.75) is 11.3 Å². The molecule has 2 aromatic carbocycles. The molecule has 7 nitrogen and oxygen atoms in total. The maximum Gasteiger partial charge on any atom is 0.246 e. The molecule has 0 saturated carbocycles. The standard InChI is InChI=1S/C21H20ClF2N3O4S/c22-14-1-4-16(5-2-14)27-8-7-17(21(27)29)20(28)25-9-11-26(12-10-25)32(30,31)19-13-15(23)3-6-18(19)24/h1-6,13,17H,7-12H2. The molecule has 2 fully saturated rings. The average Bonchev–Trinajstić information content (AvgIpc) is 3.16. The molecule has 0 aliphatic carbocycles. The van der Waals surface area contributed by atoms with Gasteiger partial charge in [0.2, 0.25) is 21.8 Å². The Kier molecular flexibility index (Phi) is 6.19. The van der Waals surface area contributed by atoms with E-state index in [1.54, 1.807) is 24.3 Å². The molecule has 0 aromatic heterocycles. The molecule has 11 heteroatoms. The van der Waals surface area contributed by atoms with Gasteiger partial charge in [-0.3, -0.25) is 9.59 Å². The van der Waals surface area contributed by atoms with Crippen LogP contribution in [0.25, 0.3) is 0 Å². The Hall–Kier alpha value is -2.56. The van der Waals surface area contributed by atoms with Crippen molar-refractivity contribution < 1.29 is 26.8 Å². The summed E-state index contributed by atoms with van der Waals surface area (Å²) >= 11 is 5.88. The Balaban J connectivity index is 1.41. The summed E-state index contributed by atoms with van der Waals surface area (Å²) in [6, 6.07) is 9.01. The van der Waals surface area contributed by atoms with Gasteiger partial charge in [-0.25, -0.2) is 17.2 Å². The number of carbonyl (C=O) groups is 2. The molecular weight excluding hydrogens is 464 g/mol. The number of hydrogen-bond donors (Lipinski definition) is 0. The zero-order valence-corrected chi connectivity index (χ0v) is 18.5. The minimum absolute atomic E-state index is 0.0553. The largest absolute Gasteiger partial charge is 0.339 e. The summed E-state index contributed by atoms with van der Waals surface area (Å²) < 4.78 is 53.9. The maximum atomic E-state index is 14.0. The number of hydrogen-bond acceptors (Lipinski definition) is 4. The van der Waals surface area contributed by atoms with Crippen LogP contribution in [-0.2, 0) is 19.6 Å². The predicted octanol–water partition coefficient (Wildman–Crippen LogP) is 2.50. The average molecular weight is 484 g/mol. The monoisotopic (exact) mass is 483 g/mol. The number of anilines is 1. The van der Waals surface area contributed by atoms with Gasteiger partial charge in [-0.1, -0.05) is 11.6 Å². The lowest BCUT2D eigenvalue weighted by atomic mass is 10.1. The Morgan fingerprint density at radius 1 is 0.969 bits per heavy atom. The van der Waals surface area contributed by atoms with E-state index in [1.807, 2.05) is 0 Å². The Labute approximate surface area is 189 Å². The van der Waals surface area contributed by atoms with Gasteiger partial charge < -0.3 is 9.80 Å². The molecular formula is C21H20ClF2N3O4S. The first-order valence-corrected chi connectivity index (χ1v) is 11.8. The van der Waals surface area contributed by atoms with Crippen LogP contribution >= 0.6 is 11.6 Å². The first-order valence-electron chi connectivity index (χ1n) is 9.99. The molecule has 0 spiro atoms. The first-order chi connectivity index (χ1) is 15.2. The molecule has 1 unspecified atom stereocenters. The third kappa shape index (κ3) is 4.22. The van der Waals surface area contributed by atoms with Crippen molar-refractivity contribution in [1.82, 2.24) is 9.21 Å². The van der Waals surface area contributed by atoms with Crippen molar-refractivity contribution in [3.05, 3.63) is 59.1 Å². The van der Waals surface area contributed by atoms with Crippen LogP contribution in [-0.4, -0.2) is 62.2 Å². The molecule has 0 N–H and O–H groups in total. The fourth-order valence-electron chi connectivity index (χ4n) is 3.97. The quantitative estimate of drug-likeness (QED) is 0.626. The van der Waals surface area contributed by atoms with E-state index in [0.29, 0.717) is 29.7 Å². The van der Waals surface area contributed by atoms with Crippen LogP contribution in [0.4, 0.5) is 14.5 Å². The SMILES string of the molecule is O=C(C1CCN(c2ccc(Cl)cc2)C1=O)N1CCN(S(=O)(=O)c2cc(F)ccc2F)CC1. The van der Waals surface area contributed by atoms with Crippen LogP contribution in [0.15, 0.2) is 47.4 Å². The lowest BCUT2D eigenvalue weighted by Crippen LogP contribution is -2.52. The molecule has 2 aliphatic rings. The number of nitrogens with zero attached hydrogens (tertiary/aromatic N) is 3. The predicted molar refractivity (Wildman–Crippen MR) is 114 cm³/mol. The highest BCUT2D eigenvalue weighted by molar-refractivity contribution is 7.89. The van der Waals surface area contributed by atoms with Crippen LogP contribution in [0.2, 0.25) is 5.02 Å². The van der Waals surface area contributed by atoms with E-state index in [0.717, 1.165) is 16.4 Å². The number of piperazine rings is 1.